The number of benzene rings is 1. The van der Waals surface area contributed by atoms with Crippen molar-refractivity contribution in [3.8, 4) is 5.75 Å². The molecule has 2 aromatic rings. The summed E-state index contributed by atoms with van der Waals surface area (Å²) in [6.45, 7) is 3.96. The van der Waals surface area contributed by atoms with E-state index in [-0.39, 0.29) is 0 Å². The lowest BCUT2D eigenvalue weighted by Crippen LogP contribution is -2.18. The van der Waals surface area contributed by atoms with Crippen molar-refractivity contribution >= 4 is 17.3 Å². The van der Waals surface area contributed by atoms with Gasteiger partial charge < -0.3 is 15.1 Å². The lowest BCUT2D eigenvalue weighted by atomic mass is 10.2. The Hall–Kier alpha value is -2.34. The molecule has 0 radical (unpaired) electrons. The van der Waals surface area contributed by atoms with Crippen LogP contribution in [0.2, 0.25) is 0 Å². The molecule has 0 atom stereocenters. The smallest absolute Gasteiger partial charge is 0.148 e. The van der Waals surface area contributed by atoms with Gasteiger partial charge in [-0.05, 0) is 31.2 Å². The number of nitrogens with zero attached hydrogens (tertiary/aromatic N) is 3. The molecule has 0 saturated carbocycles. The molecule has 0 spiro atoms. The molecule has 0 fully saturated rings. The van der Waals surface area contributed by atoms with Gasteiger partial charge in [-0.25, -0.2) is 15.8 Å². The molecule has 0 unspecified atom stereocenters. The van der Waals surface area contributed by atoms with E-state index in [1.165, 1.54) is 0 Å². The molecule has 21 heavy (non-hydrogen) atoms. The van der Waals surface area contributed by atoms with Gasteiger partial charge in [0.2, 0.25) is 0 Å². The first kappa shape index (κ1) is 15.1. The fourth-order valence-corrected chi connectivity index (χ4v) is 2.10. The van der Waals surface area contributed by atoms with Crippen LogP contribution in [0.3, 0.4) is 0 Å². The highest BCUT2D eigenvalue weighted by molar-refractivity contribution is 5.67. The van der Waals surface area contributed by atoms with Gasteiger partial charge in [0.1, 0.15) is 23.2 Å². The van der Waals surface area contributed by atoms with Crippen molar-refractivity contribution in [2.75, 3.05) is 24.5 Å². The highest BCUT2D eigenvalue weighted by atomic mass is 16.5. The van der Waals surface area contributed by atoms with Gasteiger partial charge in [-0.15, -0.1) is 0 Å². The molecule has 0 bridgehead atoms. The van der Waals surface area contributed by atoms with Gasteiger partial charge in [0.15, 0.2) is 0 Å². The Balaban J connectivity index is 2.43. The average molecular weight is 287 g/mol. The number of hydrazine groups is 1. The lowest BCUT2D eigenvalue weighted by molar-refractivity contribution is 0.415. The van der Waals surface area contributed by atoms with E-state index >= 15 is 0 Å². The molecule has 0 aliphatic heterocycles. The van der Waals surface area contributed by atoms with Crippen molar-refractivity contribution in [1.82, 2.24) is 9.97 Å². The standard InChI is InChI=1S/C15H21N5O/c1-5-13-17-14(19-16)10(2)15(18-13)20(3)11-6-8-12(21-4)9-7-11/h6-9H,5,16H2,1-4H3,(H,17,18,19). The zero-order valence-electron chi connectivity index (χ0n) is 12.8. The molecule has 0 aliphatic rings. The van der Waals surface area contributed by atoms with Crippen molar-refractivity contribution < 1.29 is 4.74 Å². The summed E-state index contributed by atoms with van der Waals surface area (Å²) in [5.41, 5.74) is 4.56. The predicted molar refractivity (Wildman–Crippen MR) is 85.0 cm³/mol. The number of nitrogens with one attached hydrogen (secondary N) is 1. The van der Waals surface area contributed by atoms with Crippen LogP contribution in [-0.2, 0) is 6.42 Å². The summed E-state index contributed by atoms with van der Waals surface area (Å²) in [7, 11) is 3.62. The van der Waals surface area contributed by atoms with Crippen LogP contribution in [0.1, 0.15) is 18.3 Å². The lowest BCUT2D eigenvalue weighted by Gasteiger charge is -2.22. The molecule has 0 amide bonds. The summed E-state index contributed by atoms with van der Waals surface area (Å²) < 4.78 is 5.18. The summed E-state index contributed by atoms with van der Waals surface area (Å²) in [4.78, 5) is 11.0. The van der Waals surface area contributed by atoms with E-state index in [0.29, 0.717) is 5.82 Å². The van der Waals surface area contributed by atoms with E-state index in [2.05, 4.69) is 15.4 Å². The van der Waals surface area contributed by atoms with Gasteiger partial charge in [-0.1, -0.05) is 6.92 Å². The number of rotatable bonds is 5. The molecule has 2 rings (SSSR count). The second-order valence-corrected chi connectivity index (χ2v) is 4.69. The number of hydrogen-bond donors (Lipinski definition) is 2. The van der Waals surface area contributed by atoms with Crippen molar-refractivity contribution in [1.29, 1.82) is 0 Å². The van der Waals surface area contributed by atoms with E-state index in [9.17, 15) is 0 Å². The first-order valence-electron chi connectivity index (χ1n) is 6.82. The largest absolute Gasteiger partial charge is 0.497 e. The molecule has 0 saturated heterocycles. The van der Waals surface area contributed by atoms with Crippen LogP contribution >= 0.6 is 0 Å². The minimum atomic E-state index is 0.650. The Labute approximate surface area is 124 Å². The summed E-state index contributed by atoms with van der Waals surface area (Å²) in [5, 5.41) is 0. The molecule has 3 N–H and O–H groups in total. The number of nitrogen functional groups attached to an aromatic ring is 1. The predicted octanol–water partition coefficient (Wildman–Crippen LogP) is 2.41. The maximum atomic E-state index is 5.54. The fourth-order valence-electron chi connectivity index (χ4n) is 2.10. The van der Waals surface area contributed by atoms with Gasteiger partial charge in [0, 0.05) is 24.7 Å². The third kappa shape index (κ3) is 3.05. The second kappa shape index (κ2) is 6.41. The first-order valence-corrected chi connectivity index (χ1v) is 6.82. The van der Waals surface area contributed by atoms with E-state index in [4.69, 9.17) is 10.6 Å². The second-order valence-electron chi connectivity index (χ2n) is 4.69. The molecule has 112 valence electrons. The van der Waals surface area contributed by atoms with Crippen LogP contribution in [-0.4, -0.2) is 24.1 Å². The topological polar surface area (TPSA) is 76.3 Å². The molecule has 6 nitrogen and oxygen atoms in total. The van der Waals surface area contributed by atoms with Crippen molar-refractivity contribution in [3.05, 3.63) is 35.7 Å². The quantitative estimate of drug-likeness (QED) is 0.649. The van der Waals surface area contributed by atoms with Gasteiger partial charge >= 0.3 is 0 Å². The van der Waals surface area contributed by atoms with E-state index in [1.54, 1.807) is 7.11 Å². The Morgan fingerprint density at radius 3 is 2.43 bits per heavy atom. The van der Waals surface area contributed by atoms with Crippen LogP contribution in [0.25, 0.3) is 0 Å². The molecular weight excluding hydrogens is 266 g/mol. The van der Waals surface area contributed by atoms with Gasteiger partial charge in [-0.3, -0.25) is 0 Å². The van der Waals surface area contributed by atoms with Gasteiger partial charge in [-0.2, -0.15) is 0 Å². The summed E-state index contributed by atoms with van der Waals surface area (Å²) in [6.07, 6.45) is 0.748. The third-order valence-electron chi connectivity index (χ3n) is 3.40. The Morgan fingerprint density at radius 1 is 1.24 bits per heavy atom. The normalized spacial score (nSPS) is 10.3. The minimum absolute atomic E-state index is 0.650. The molecule has 6 heteroatoms. The maximum absolute atomic E-state index is 5.54. The van der Waals surface area contributed by atoms with Gasteiger partial charge in [0.25, 0.3) is 0 Å². The Kier molecular flexibility index (Phi) is 4.59. The first-order chi connectivity index (χ1) is 10.1. The molecule has 1 aromatic carbocycles. The number of nitrogens with two attached hydrogens (primary N) is 1. The molecular formula is C15H21N5O. The monoisotopic (exact) mass is 287 g/mol. The molecule has 1 heterocycles. The minimum Gasteiger partial charge on any atom is -0.497 e. The number of hydrogen-bond acceptors (Lipinski definition) is 6. The summed E-state index contributed by atoms with van der Waals surface area (Å²) in [5.74, 6) is 8.61. The fraction of sp³-hybridized carbons (Fsp3) is 0.333. The molecule has 1 aromatic heterocycles. The highest BCUT2D eigenvalue weighted by Gasteiger charge is 2.14. The van der Waals surface area contributed by atoms with Gasteiger partial charge in [0.05, 0.1) is 7.11 Å². The van der Waals surface area contributed by atoms with Crippen molar-refractivity contribution in [3.63, 3.8) is 0 Å². The van der Waals surface area contributed by atoms with Crippen LogP contribution in [0.5, 0.6) is 5.75 Å². The van der Waals surface area contributed by atoms with E-state index < -0.39 is 0 Å². The molecule has 0 aliphatic carbocycles. The highest BCUT2D eigenvalue weighted by Crippen LogP contribution is 2.29. The number of aromatic nitrogens is 2. The zero-order valence-corrected chi connectivity index (χ0v) is 12.8. The number of anilines is 3. The third-order valence-corrected chi connectivity index (χ3v) is 3.40. The van der Waals surface area contributed by atoms with Crippen molar-refractivity contribution in [2.24, 2.45) is 5.84 Å². The average Bonchev–Trinajstić information content (AvgIpc) is 2.54. The summed E-state index contributed by atoms with van der Waals surface area (Å²) >= 11 is 0. The van der Waals surface area contributed by atoms with Crippen LogP contribution < -0.4 is 20.9 Å². The Bertz CT molecular complexity index is 612. The van der Waals surface area contributed by atoms with Crippen LogP contribution in [0, 0.1) is 6.92 Å². The Morgan fingerprint density at radius 2 is 1.90 bits per heavy atom. The van der Waals surface area contributed by atoms with Crippen molar-refractivity contribution in [2.45, 2.75) is 20.3 Å². The number of ether oxygens (including phenoxy) is 1. The number of aryl methyl sites for hydroxylation is 1. The van der Waals surface area contributed by atoms with E-state index in [1.807, 2.05) is 50.1 Å². The zero-order chi connectivity index (χ0) is 15.4. The van der Waals surface area contributed by atoms with E-state index in [0.717, 1.165) is 35.1 Å². The van der Waals surface area contributed by atoms with Crippen LogP contribution in [0.4, 0.5) is 17.3 Å². The number of methoxy groups -OCH3 is 1. The summed E-state index contributed by atoms with van der Waals surface area (Å²) in [6, 6.07) is 7.82. The van der Waals surface area contributed by atoms with Crippen LogP contribution in [0.15, 0.2) is 24.3 Å². The SMILES string of the molecule is CCc1nc(NN)c(C)c(N(C)c2ccc(OC)cc2)n1. The maximum Gasteiger partial charge on any atom is 0.148 e.